The first-order valence-electron chi connectivity index (χ1n) is 7.40. The molecule has 18 heavy (non-hydrogen) atoms. The fraction of sp³-hybridized carbons (Fsp3) is 1.00. The van der Waals surface area contributed by atoms with Gasteiger partial charge in [0.1, 0.15) is 0 Å². The van der Waals surface area contributed by atoms with E-state index in [9.17, 15) is 0 Å². The highest BCUT2D eigenvalue weighted by Crippen LogP contribution is 2.19. The quantitative estimate of drug-likeness (QED) is 0.772. The molecule has 0 bridgehead atoms. The smallest absolute Gasteiger partial charge is 0.0623 e. The van der Waals surface area contributed by atoms with E-state index < -0.39 is 0 Å². The Labute approximate surface area is 111 Å². The van der Waals surface area contributed by atoms with E-state index in [1.807, 2.05) is 0 Å². The topological polar surface area (TPSA) is 33.7 Å². The lowest BCUT2D eigenvalue weighted by molar-refractivity contribution is 0.0367. The Bertz CT molecular complexity index is 232. The predicted octanol–water partition coefficient (Wildman–Crippen LogP) is 1.11. The Kier molecular flexibility index (Phi) is 5.89. The molecule has 2 saturated heterocycles. The molecule has 2 aliphatic rings. The molecule has 0 aromatic carbocycles. The molecule has 0 saturated carbocycles. The lowest BCUT2D eigenvalue weighted by Crippen LogP contribution is -2.45. The number of rotatable bonds is 6. The molecule has 2 rings (SSSR count). The van der Waals surface area contributed by atoms with Crippen LogP contribution in [0.5, 0.6) is 0 Å². The summed E-state index contributed by atoms with van der Waals surface area (Å²) in [5, 5.41) is 3.61. The fourth-order valence-corrected chi connectivity index (χ4v) is 2.98. The molecule has 2 heterocycles. The Balaban J connectivity index is 1.76. The largest absolute Gasteiger partial charge is 0.381 e. The molecule has 4 heteroatoms. The van der Waals surface area contributed by atoms with Gasteiger partial charge in [-0.3, -0.25) is 0 Å². The maximum absolute atomic E-state index is 5.64. The van der Waals surface area contributed by atoms with Crippen LogP contribution in [-0.4, -0.2) is 63.5 Å². The van der Waals surface area contributed by atoms with E-state index >= 15 is 0 Å². The lowest BCUT2D eigenvalue weighted by Gasteiger charge is -2.33. The molecule has 0 aromatic heterocycles. The van der Waals surface area contributed by atoms with E-state index in [4.69, 9.17) is 9.47 Å². The second-order valence-electron chi connectivity index (χ2n) is 5.64. The van der Waals surface area contributed by atoms with Crippen LogP contribution in [0.2, 0.25) is 0 Å². The van der Waals surface area contributed by atoms with Crippen LogP contribution in [0, 0.1) is 5.92 Å². The van der Waals surface area contributed by atoms with Crippen LogP contribution < -0.4 is 5.32 Å². The minimum Gasteiger partial charge on any atom is -0.381 e. The first kappa shape index (κ1) is 14.3. The van der Waals surface area contributed by atoms with Crippen molar-refractivity contribution in [3.63, 3.8) is 0 Å². The molecular formula is C14H28N2O2. The standard InChI is InChI=1S/C14H28N2O2/c1-3-6-15-14-11-18-10-12(14)9-16(2)13-4-7-17-8-5-13/h12-15H,3-11H2,1-2H3. The van der Waals surface area contributed by atoms with Gasteiger partial charge in [-0.2, -0.15) is 0 Å². The molecule has 2 aliphatic heterocycles. The number of hydrogen-bond acceptors (Lipinski definition) is 4. The maximum Gasteiger partial charge on any atom is 0.0623 e. The fourth-order valence-electron chi connectivity index (χ4n) is 2.98. The molecular weight excluding hydrogens is 228 g/mol. The summed E-state index contributed by atoms with van der Waals surface area (Å²) < 4.78 is 11.1. The molecule has 2 fully saturated rings. The average molecular weight is 256 g/mol. The first-order chi connectivity index (χ1) is 8.81. The number of nitrogens with one attached hydrogen (secondary N) is 1. The van der Waals surface area contributed by atoms with E-state index in [0.717, 1.165) is 39.5 Å². The highest BCUT2D eigenvalue weighted by Gasteiger charge is 2.30. The zero-order chi connectivity index (χ0) is 12.8. The van der Waals surface area contributed by atoms with Crippen molar-refractivity contribution in [1.82, 2.24) is 10.2 Å². The second-order valence-corrected chi connectivity index (χ2v) is 5.64. The number of nitrogens with zero attached hydrogens (tertiary/aromatic N) is 1. The van der Waals surface area contributed by atoms with Crippen LogP contribution >= 0.6 is 0 Å². The van der Waals surface area contributed by atoms with Crippen molar-refractivity contribution in [2.24, 2.45) is 5.92 Å². The summed E-state index contributed by atoms with van der Waals surface area (Å²) in [5.74, 6) is 0.643. The second kappa shape index (κ2) is 7.43. The summed E-state index contributed by atoms with van der Waals surface area (Å²) in [7, 11) is 2.26. The summed E-state index contributed by atoms with van der Waals surface area (Å²) in [4.78, 5) is 2.52. The van der Waals surface area contributed by atoms with Crippen molar-refractivity contribution in [1.29, 1.82) is 0 Å². The summed E-state index contributed by atoms with van der Waals surface area (Å²) in [6.45, 7) is 8.10. The van der Waals surface area contributed by atoms with Crippen LogP contribution in [0.3, 0.4) is 0 Å². The monoisotopic (exact) mass is 256 g/mol. The minimum absolute atomic E-state index is 0.548. The van der Waals surface area contributed by atoms with E-state index in [-0.39, 0.29) is 0 Å². The van der Waals surface area contributed by atoms with Crippen LogP contribution in [0.15, 0.2) is 0 Å². The Morgan fingerprint density at radius 1 is 1.17 bits per heavy atom. The van der Waals surface area contributed by atoms with Gasteiger partial charge in [0.2, 0.25) is 0 Å². The van der Waals surface area contributed by atoms with Gasteiger partial charge in [-0.1, -0.05) is 6.92 Å². The van der Waals surface area contributed by atoms with Gasteiger partial charge in [0.15, 0.2) is 0 Å². The third-order valence-electron chi connectivity index (χ3n) is 4.19. The van der Waals surface area contributed by atoms with E-state index in [1.165, 1.54) is 19.3 Å². The minimum atomic E-state index is 0.548. The molecule has 0 spiro atoms. The van der Waals surface area contributed by atoms with Gasteiger partial charge in [-0.25, -0.2) is 0 Å². The average Bonchev–Trinajstić information content (AvgIpc) is 2.84. The molecule has 0 aromatic rings. The SMILES string of the molecule is CCCNC1COCC1CN(C)C1CCOCC1. The molecule has 2 atom stereocenters. The molecule has 1 N–H and O–H groups in total. The number of hydrogen-bond donors (Lipinski definition) is 1. The highest BCUT2D eigenvalue weighted by molar-refractivity contribution is 4.85. The van der Waals surface area contributed by atoms with Gasteiger partial charge in [-0.05, 0) is 32.9 Å². The van der Waals surface area contributed by atoms with Crippen molar-refractivity contribution >= 4 is 0 Å². The normalized spacial score (nSPS) is 30.2. The van der Waals surface area contributed by atoms with Crippen molar-refractivity contribution in [2.45, 2.75) is 38.3 Å². The van der Waals surface area contributed by atoms with Crippen LogP contribution in [0.4, 0.5) is 0 Å². The van der Waals surface area contributed by atoms with Crippen LogP contribution in [-0.2, 0) is 9.47 Å². The van der Waals surface area contributed by atoms with Crippen LogP contribution in [0.1, 0.15) is 26.2 Å². The third kappa shape index (κ3) is 3.92. The molecule has 0 amide bonds. The zero-order valence-corrected chi connectivity index (χ0v) is 11.9. The van der Waals surface area contributed by atoms with Crippen molar-refractivity contribution in [3.8, 4) is 0 Å². The summed E-state index contributed by atoms with van der Waals surface area (Å²) in [5.41, 5.74) is 0. The maximum atomic E-state index is 5.64. The third-order valence-corrected chi connectivity index (χ3v) is 4.19. The van der Waals surface area contributed by atoms with Crippen LogP contribution in [0.25, 0.3) is 0 Å². The van der Waals surface area contributed by atoms with E-state index in [2.05, 4.69) is 24.2 Å². The van der Waals surface area contributed by atoms with Gasteiger partial charge in [0.25, 0.3) is 0 Å². The first-order valence-corrected chi connectivity index (χ1v) is 7.40. The molecule has 2 unspecified atom stereocenters. The van der Waals surface area contributed by atoms with Gasteiger partial charge in [0.05, 0.1) is 13.2 Å². The van der Waals surface area contributed by atoms with Crippen molar-refractivity contribution in [2.75, 3.05) is 46.6 Å². The summed E-state index contributed by atoms with van der Waals surface area (Å²) >= 11 is 0. The van der Waals surface area contributed by atoms with Gasteiger partial charge >= 0.3 is 0 Å². The van der Waals surface area contributed by atoms with Gasteiger partial charge in [0, 0.05) is 37.8 Å². The van der Waals surface area contributed by atoms with Crippen molar-refractivity contribution in [3.05, 3.63) is 0 Å². The molecule has 0 aliphatic carbocycles. The highest BCUT2D eigenvalue weighted by atomic mass is 16.5. The zero-order valence-electron chi connectivity index (χ0n) is 11.9. The van der Waals surface area contributed by atoms with Gasteiger partial charge < -0.3 is 19.7 Å². The lowest BCUT2D eigenvalue weighted by atomic mass is 10.0. The Morgan fingerprint density at radius 2 is 1.94 bits per heavy atom. The molecule has 106 valence electrons. The van der Waals surface area contributed by atoms with E-state index in [1.54, 1.807) is 0 Å². The number of ether oxygens (including phenoxy) is 2. The van der Waals surface area contributed by atoms with Gasteiger partial charge in [-0.15, -0.1) is 0 Å². The molecule has 4 nitrogen and oxygen atoms in total. The van der Waals surface area contributed by atoms with E-state index in [0.29, 0.717) is 18.0 Å². The predicted molar refractivity (Wildman–Crippen MR) is 72.9 cm³/mol. The summed E-state index contributed by atoms with van der Waals surface area (Å²) in [6.07, 6.45) is 3.55. The summed E-state index contributed by atoms with van der Waals surface area (Å²) in [6, 6.07) is 1.25. The molecule has 0 radical (unpaired) electrons. The Hall–Kier alpha value is -0.160. The van der Waals surface area contributed by atoms with Crippen molar-refractivity contribution < 1.29 is 9.47 Å². The Morgan fingerprint density at radius 3 is 2.67 bits per heavy atom.